The Hall–Kier alpha value is -2.05. The van der Waals surface area contributed by atoms with Crippen LogP contribution < -0.4 is 5.32 Å². The number of hydrogen-bond donors (Lipinski definition) is 1. The Morgan fingerprint density at radius 1 is 1.21 bits per heavy atom. The van der Waals surface area contributed by atoms with E-state index in [2.05, 4.69) is 5.32 Å². The summed E-state index contributed by atoms with van der Waals surface area (Å²) in [5, 5.41) is 13.5. The van der Waals surface area contributed by atoms with Gasteiger partial charge in [0, 0.05) is 21.5 Å². The van der Waals surface area contributed by atoms with Crippen LogP contribution in [0.1, 0.15) is 0 Å². The quantitative estimate of drug-likeness (QED) is 0.374. The van der Waals surface area contributed by atoms with Crippen molar-refractivity contribution in [3.05, 3.63) is 52.6 Å². The fourth-order valence-corrected chi connectivity index (χ4v) is 4.21. The number of nitrogens with zero attached hydrogens (tertiary/aromatic N) is 1. The zero-order valence-electron chi connectivity index (χ0n) is 14.2. The van der Waals surface area contributed by atoms with Gasteiger partial charge in [-0.1, -0.05) is 6.07 Å². The molecular formula is C16H13F3N2O4S3. The number of alkyl halides is 3. The third-order valence-corrected chi connectivity index (χ3v) is 6.03. The number of nitro benzene ring substituents is 1. The molecule has 1 unspecified atom stereocenters. The zero-order valence-corrected chi connectivity index (χ0v) is 16.6. The average Bonchev–Trinajstić information content (AvgIpc) is 2.59. The van der Waals surface area contributed by atoms with Crippen LogP contribution in [0.15, 0.2) is 57.2 Å². The van der Waals surface area contributed by atoms with Crippen molar-refractivity contribution in [2.75, 3.05) is 17.3 Å². The van der Waals surface area contributed by atoms with Crippen LogP contribution in [0.25, 0.3) is 0 Å². The van der Waals surface area contributed by atoms with Crippen LogP contribution in [0, 0.1) is 10.1 Å². The van der Waals surface area contributed by atoms with Gasteiger partial charge in [0.2, 0.25) is 5.91 Å². The van der Waals surface area contributed by atoms with E-state index in [1.54, 1.807) is 12.3 Å². The van der Waals surface area contributed by atoms with Gasteiger partial charge < -0.3 is 5.32 Å². The number of carbonyl (C=O) groups is 1. The molecule has 1 N–H and O–H groups in total. The van der Waals surface area contributed by atoms with Gasteiger partial charge in [0.1, 0.15) is 10.6 Å². The summed E-state index contributed by atoms with van der Waals surface area (Å²) in [6.45, 7) is 0. The van der Waals surface area contributed by atoms with Gasteiger partial charge in [-0.25, -0.2) is 0 Å². The van der Waals surface area contributed by atoms with Gasteiger partial charge in [-0.2, -0.15) is 13.2 Å². The van der Waals surface area contributed by atoms with E-state index in [0.717, 1.165) is 6.07 Å². The molecule has 0 aliphatic heterocycles. The minimum absolute atomic E-state index is 0.0978. The van der Waals surface area contributed by atoms with Crippen molar-refractivity contribution in [3.63, 3.8) is 0 Å². The standard InChI is InChI=1S/C16H13F3N2O4S3/c1-26-11-5-6-14(13(8-11)21(23)24)28(25)9-15(22)20-10-3-2-4-12(7-10)27-16(17,18)19/h2-8H,9H2,1H3,(H,20,22). The third-order valence-electron chi connectivity index (χ3n) is 3.22. The molecule has 12 heteroatoms. The number of thioether (sulfide) groups is 2. The molecule has 28 heavy (non-hydrogen) atoms. The smallest absolute Gasteiger partial charge is 0.325 e. The first kappa shape index (κ1) is 22.2. The number of nitrogens with one attached hydrogen (secondary N) is 1. The van der Waals surface area contributed by atoms with E-state index in [0.29, 0.717) is 4.90 Å². The van der Waals surface area contributed by atoms with Gasteiger partial charge in [-0.3, -0.25) is 19.1 Å². The highest BCUT2D eigenvalue weighted by atomic mass is 32.2. The predicted octanol–water partition coefficient (Wildman–Crippen LogP) is 4.67. The highest BCUT2D eigenvalue weighted by Crippen LogP contribution is 2.37. The monoisotopic (exact) mass is 450 g/mol. The molecule has 0 radical (unpaired) electrons. The zero-order chi connectivity index (χ0) is 20.9. The molecule has 150 valence electrons. The van der Waals surface area contributed by atoms with E-state index in [1.165, 1.54) is 42.1 Å². The van der Waals surface area contributed by atoms with E-state index < -0.39 is 32.9 Å². The topological polar surface area (TPSA) is 89.3 Å². The van der Waals surface area contributed by atoms with Gasteiger partial charge in [-0.05, 0) is 48.3 Å². The lowest BCUT2D eigenvalue weighted by atomic mass is 10.3. The number of amides is 1. The van der Waals surface area contributed by atoms with Gasteiger partial charge in [0.25, 0.3) is 5.69 Å². The van der Waals surface area contributed by atoms with Crippen molar-refractivity contribution >= 4 is 51.6 Å². The molecule has 2 rings (SSSR count). The Labute approximate surface area is 168 Å². The van der Waals surface area contributed by atoms with Gasteiger partial charge >= 0.3 is 5.51 Å². The number of carbonyl (C=O) groups excluding carboxylic acids is 1. The second kappa shape index (κ2) is 9.43. The normalized spacial score (nSPS) is 12.4. The lowest BCUT2D eigenvalue weighted by Crippen LogP contribution is -2.20. The van der Waals surface area contributed by atoms with E-state index in [4.69, 9.17) is 0 Å². The van der Waals surface area contributed by atoms with Crippen molar-refractivity contribution in [1.82, 2.24) is 0 Å². The molecule has 0 fully saturated rings. The molecule has 0 saturated carbocycles. The van der Waals surface area contributed by atoms with Crippen molar-refractivity contribution in [2.24, 2.45) is 0 Å². The first-order chi connectivity index (χ1) is 13.1. The SMILES string of the molecule is CSc1ccc(S(=O)CC(=O)Nc2cccc(SC(F)(F)F)c2)c([N+](=O)[O-])c1. The van der Waals surface area contributed by atoms with Crippen molar-refractivity contribution in [3.8, 4) is 0 Å². The number of halogens is 3. The molecule has 1 amide bonds. The van der Waals surface area contributed by atoms with Crippen LogP contribution in [-0.2, 0) is 15.6 Å². The van der Waals surface area contributed by atoms with E-state index in [9.17, 15) is 32.3 Å². The minimum atomic E-state index is -4.47. The van der Waals surface area contributed by atoms with Crippen LogP contribution in [-0.4, -0.2) is 32.6 Å². The van der Waals surface area contributed by atoms with Gasteiger partial charge in [0.05, 0.1) is 15.7 Å². The summed E-state index contributed by atoms with van der Waals surface area (Å²) in [6.07, 6.45) is 1.73. The first-order valence-corrected chi connectivity index (χ1v) is 10.8. The third kappa shape index (κ3) is 6.53. The molecule has 2 aromatic rings. The number of hydrogen-bond acceptors (Lipinski definition) is 6. The number of rotatable bonds is 7. The fourth-order valence-electron chi connectivity index (χ4n) is 2.12. The maximum absolute atomic E-state index is 12.4. The Balaban J connectivity index is 2.11. The van der Waals surface area contributed by atoms with Crippen molar-refractivity contribution < 1.29 is 27.1 Å². The lowest BCUT2D eigenvalue weighted by Gasteiger charge is -2.09. The Morgan fingerprint density at radius 2 is 1.93 bits per heavy atom. The summed E-state index contributed by atoms with van der Waals surface area (Å²) in [4.78, 5) is 23.0. The summed E-state index contributed by atoms with van der Waals surface area (Å²) < 4.78 is 49.7. The number of anilines is 1. The molecule has 6 nitrogen and oxygen atoms in total. The Morgan fingerprint density at radius 3 is 2.54 bits per heavy atom. The predicted molar refractivity (Wildman–Crippen MR) is 103 cm³/mol. The first-order valence-electron chi connectivity index (χ1n) is 7.45. The van der Waals surface area contributed by atoms with Crippen LogP contribution >= 0.6 is 23.5 Å². The molecule has 0 heterocycles. The highest BCUT2D eigenvalue weighted by Gasteiger charge is 2.29. The lowest BCUT2D eigenvalue weighted by molar-refractivity contribution is -0.388. The van der Waals surface area contributed by atoms with Gasteiger partial charge in [0.15, 0.2) is 0 Å². The molecule has 0 aromatic heterocycles. The molecule has 0 saturated heterocycles. The number of nitro groups is 1. The van der Waals surface area contributed by atoms with Crippen molar-refractivity contribution in [2.45, 2.75) is 20.2 Å². The summed E-state index contributed by atoms with van der Waals surface area (Å²) in [6, 6.07) is 9.25. The van der Waals surface area contributed by atoms with E-state index >= 15 is 0 Å². The highest BCUT2D eigenvalue weighted by molar-refractivity contribution is 8.00. The molecule has 0 spiro atoms. The summed E-state index contributed by atoms with van der Waals surface area (Å²) >= 11 is 0.950. The molecule has 0 bridgehead atoms. The molecular weight excluding hydrogens is 437 g/mol. The van der Waals surface area contributed by atoms with Gasteiger partial charge in [-0.15, -0.1) is 11.8 Å². The van der Waals surface area contributed by atoms with Crippen LogP contribution in [0.4, 0.5) is 24.5 Å². The average molecular weight is 450 g/mol. The maximum atomic E-state index is 12.4. The molecule has 2 aromatic carbocycles. The van der Waals surface area contributed by atoms with Crippen LogP contribution in [0.2, 0.25) is 0 Å². The molecule has 0 aliphatic carbocycles. The Kier molecular flexibility index (Phi) is 7.49. The fraction of sp³-hybridized carbons (Fsp3) is 0.188. The Bertz CT molecular complexity index is 922. The maximum Gasteiger partial charge on any atom is 0.446 e. The van der Waals surface area contributed by atoms with E-state index in [1.807, 2.05) is 0 Å². The van der Waals surface area contributed by atoms with E-state index in [-0.39, 0.29) is 32.9 Å². The van der Waals surface area contributed by atoms with Crippen molar-refractivity contribution in [1.29, 1.82) is 0 Å². The number of benzene rings is 2. The second-order valence-electron chi connectivity index (χ2n) is 5.20. The molecule has 0 aliphatic rings. The molecule has 1 atom stereocenters. The van der Waals surface area contributed by atoms with Crippen LogP contribution in [0.5, 0.6) is 0 Å². The second-order valence-corrected chi connectivity index (χ2v) is 8.64. The summed E-state index contributed by atoms with van der Waals surface area (Å²) in [5.41, 5.74) is -4.73. The minimum Gasteiger partial charge on any atom is -0.325 e. The summed E-state index contributed by atoms with van der Waals surface area (Å²) in [5.74, 6) is -1.31. The van der Waals surface area contributed by atoms with Crippen LogP contribution in [0.3, 0.4) is 0 Å². The summed E-state index contributed by atoms with van der Waals surface area (Å²) in [7, 11) is -2.00. The largest absolute Gasteiger partial charge is 0.446 e.